The molecule has 1 unspecified atom stereocenters. The Labute approximate surface area is 238 Å². The summed E-state index contributed by atoms with van der Waals surface area (Å²) in [4.78, 5) is 17.9. The minimum Gasteiger partial charge on any atom is -0.433 e. The number of hydrogen-bond donors (Lipinski definition) is 1. The van der Waals surface area contributed by atoms with Crippen LogP contribution >= 0.6 is 7.92 Å². The van der Waals surface area contributed by atoms with Crippen LogP contribution in [0.5, 0.6) is 5.75 Å². The fourth-order valence-electron chi connectivity index (χ4n) is 4.78. The second kappa shape index (κ2) is 12.0. The van der Waals surface area contributed by atoms with E-state index < -0.39 is 37.7 Å². The molecule has 3 aromatic carbocycles. The number of benzene rings is 3. The Kier molecular flexibility index (Phi) is 8.97. The van der Waals surface area contributed by atoms with E-state index in [1.807, 2.05) is 13.3 Å². The van der Waals surface area contributed by atoms with Crippen molar-refractivity contribution in [3.63, 3.8) is 0 Å². The lowest BCUT2D eigenvalue weighted by Crippen LogP contribution is -2.49. The van der Waals surface area contributed by atoms with Gasteiger partial charge in [0.1, 0.15) is 38.8 Å². The number of carbonyl (C=O) groups is 1. The van der Waals surface area contributed by atoms with Gasteiger partial charge < -0.3 is 9.84 Å². The Balaban J connectivity index is 2.11. The summed E-state index contributed by atoms with van der Waals surface area (Å²) < 4.78 is 63.5. The van der Waals surface area contributed by atoms with Crippen molar-refractivity contribution >= 4 is 46.2 Å². The van der Waals surface area contributed by atoms with E-state index in [1.54, 1.807) is 19.1 Å². The van der Waals surface area contributed by atoms with Gasteiger partial charge in [0, 0.05) is 28.0 Å². The molecule has 4 aromatic rings. The molecule has 1 aromatic heterocycles. The predicted molar refractivity (Wildman–Crippen MR) is 154 cm³/mol. The fraction of sp³-hybridized carbons (Fsp3) is 0.286. The highest BCUT2D eigenvalue weighted by Gasteiger charge is 2.32. The van der Waals surface area contributed by atoms with Crippen molar-refractivity contribution in [1.82, 2.24) is 14.5 Å². The quantitative estimate of drug-likeness (QED) is 0.0932. The third-order valence-electron chi connectivity index (χ3n) is 6.82. The van der Waals surface area contributed by atoms with Gasteiger partial charge in [0.05, 0.1) is 17.1 Å². The second-order valence-electron chi connectivity index (χ2n) is 9.70. The summed E-state index contributed by atoms with van der Waals surface area (Å²) in [5.74, 6) is -1.43. The summed E-state index contributed by atoms with van der Waals surface area (Å²) in [5.41, 5.74) is -1.88. The molecule has 0 aliphatic heterocycles. The molecule has 4 rings (SSSR count). The molecule has 0 saturated carbocycles. The van der Waals surface area contributed by atoms with E-state index >= 15 is 4.39 Å². The largest absolute Gasteiger partial charge is 0.433 e. The van der Waals surface area contributed by atoms with Gasteiger partial charge in [0.15, 0.2) is 12.0 Å². The van der Waals surface area contributed by atoms with Gasteiger partial charge in [-0.25, -0.2) is 13.8 Å². The predicted octanol–water partition coefficient (Wildman–Crippen LogP) is 5.07. The maximum Gasteiger partial charge on any atom is 0.387 e. The lowest BCUT2D eigenvalue weighted by Gasteiger charge is -2.38. The number of aromatic nitrogens is 2. The summed E-state index contributed by atoms with van der Waals surface area (Å²) in [6.07, 6.45) is 0.715. The number of nitrogens with zero attached hydrogens (tertiary/aromatic N) is 3. The molecule has 210 valence electrons. The van der Waals surface area contributed by atoms with Gasteiger partial charge in [-0.2, -0.15) is 8.78 Å². The SMILES string of the molecule is [B]C([B])(O)N(C)C(CC)c1nc2cc(F)c(-c3ccc(P(C)C)c(F)c3)cc2n1-c1c(C=O)cccc1OC(F)F. The zero-order chi connectivity index (χ0) is 30.2. The Morgan fingerprint density at radius 3 is 2.41 bits per heavy atom. The third-order valence-corrected chi connectivity index (χ3v) is 8.15. The van der Waals surface area contributed by atoms with Crippen molar-refractivity contribution in [3.05, 3.63) is 71.6 Å². The Bertz CT molecular complexity index is 1590. The van der Waals surface area contributed by atoms with Crippen LogP contribution in [0, 0.1) is 11.6 Å². The number of halogens is 4. The topological polar surface area (TPSA) is 67.6 Å². The maximum atomic E-state index is 15.5. The van der Waals surface area contributed by atoms with Gasteiger partial charge in [0.2, 0.25) is 0 Å². The molecule has 6 nitrogen and oxygen atoms in total. The van der Waals surface area contributed by atoms with E-state index in [-0.39, 0.29) is 51.4 Å². The molecule has 0 saturated heterocycles. The van der Waals surface area contributed by atoms with E-state index in [1.165, 1.54) is 46.8 Å². The maximum absolute atomic E-state index is 15.5. The van der Waals surface area contributed by atoms with E-state index in [4.69, 9.17) is 20.4 Å². The van der Waals surface area contributed by atoms with Gasteiger partial charge in [-0.05, 0) is 56.6 Å². The van der Waals surface area contributed by atoms with Crippen LogP contribution in [0.3, 0.4) is 0 Å². The van der Waals surface area contributed by atoms with E-state index in [0.29, 0.717) is 11.6 Å². The number of para-hydroxylation sites is 1. The Morgan fingerprint density at radius 2 is 1.85 bits per heavy atom. The molecule has 1 atom stereocenters. The third kappa shape index (κ3) is 6.05. The smallest absolute Gasteiger partial charge is 0.387 e. The molecule has 1 heterocycles. The van der Waals surface area contributed by atoms with Gasteiger partial charge in [-0.3, -0.25) is 14.3 Å². The average Bonchev–Trinajstić information content (AvgIpc) is 3.24. The zero-order valence-corrected chi connectivity index (χ0v) is 23.7. The van der Waals surface area contributed by atoms with E-state index in [9.17, 15) is 23.1 Å². The average molecular weight is 581 g/mol. The molecule has 0 spiro atoms. The standard InChI is InChI=1S/C28H26B2F4N3O3P/c1-5-21(36(2)28(29,30)39)26-35-20-13-18(31)17(15-9-10-24(41(3)4)19(32)11-15)12-22(20)37(26)25-16(14-38)7-6-8-23(25)40-27(33)34/h6-14,21,27,39H,5H2,1-4H3. The van der Waals surface area contributed by atoms with Gasteiger partial charge in [0.25, 0.3) is 0 Å². The number of aliphatic hydroxyl groups is 1. The first-order valence-electron chi connectivity index (χ1n) is 12.5. The first-order valence-corrected chi connectivity index (χ1v) is 14.8. The van der Waals surface area contributed by atoms with Crippen LogP contribution in [0.15, 0.2) is 48.5 Å². The highest BCUT2D eigenvalue weighted by Crippen LogP contribution is 2.39. The van der Waals surface area contributed by atoms with Crippen LogP contribution in [-0.2, 0) is 0 Å². The van der Waals surface area contributed by atoms with Crippen molar-refractivity contribution in [2.45, 2.75) is 31.5 Å². The summed E-state index contributed by atoms with van der Waals surface area (Å²) in [6.45, 7) is 2.31. The van der Waals surface area contributed by atoms with Crippen molar-refractivity contribution < 1.29 is 32.2 Å². The van der Waals surface area contributed by atoms with Gasteiger partial charge >= 0.3 is 6.61 Å². The van der Waals surface area contributed by atoms with Crippen molar-refractivity contribution in [2.24, 2.45) is 0 Å². The van der Waals surface area contributed by atoms with Crippen LogP contribution in [0.1, 0.15) is 35.6 Å². The zero-order valence-electron chi connectivity index (χ0n) is 22.8. The molecule has 13 heteroatoms. The number of imidazole rings is 1. The van der Waals surface area contributed by atoms with Crippen LogP contribution in [0.4, 0.5) is 17.6 Å². The molecule has 0 aliphatic carbocycles. The van der Waals surface area contributed by atoms with Crippen LogP contribution < -0.4 is 10.0 Å². The minimum atomic E-state index is -3.23. The second-order valence-corrected chi connectivity index (χ2v) is 12.0. The number of hydrogen-bond acceptors (Lipinski definition) is 5. The van der Waals surface area contributed by atoms with E-state index in [0.717, 1.165) is 6.07 Å². The van der Waals surface area contributed by atoms with Crippen molar-refractivity contribution in [2.75, 3.05) is 20.4 Å². The molecule has 1 N–H and O–H groups in total. The highest BCUT2D eigenvalue weighted by molar-refractivity contribution is 7.64. The number of fused-ring (bicyclic) bond motifs is 1. The minimum absolute atomic E-state index is 0.0163. The number of carbonyl (C=O) groups excluding carboxylic acids is 1. The van der Waals surface area contributed by atoms with Gasteiger partial charge in [-0.15, -0.1) is 0 Å². The summed E-state index contributed by atoms with van der Waals surface area (Å²) in [6, 6.07) is 10.1. The first kappa shape index (κ1) is 30.8. The molecule has 41 heavy (non-hydrogen) atoms. The summed E-state index contributed by atoms with van der Waals surface area (Å²) in [7, 11) is 12.2. The molecule has 0 bridgehead atoms. The van der Waals surface area contributed by atoms with Crippen LogP contribution in [0.25, 0.3) is 27.8 Å². The molecule has 4 radical (unpaired) electrons. The van der Waals surface area contributed by atoms with Gasteiger partial charge in [-0.1, -0.05) is 33.0 Å². The van der Waals surface area contributed by atoms with Crippen molar-refractivity contribution in [3.8, 4) is 22.6 Å². The molecule has 0 fully saturated rings. The van der Waals surface area contributed by atoms with Crippen LogP contribution in [0.2, 0.25) is 0 Å². The first-order chi connectivity index (χ1) is 19.3. The normalized spacial score (nSPS) is 13.0. The summed E-state index contributed by atoms with van der Waals surface area (Å²) in [5, 5.41) is 10.9. The van der Waals surface area contributed by atoms with E-state index in [2.05, 4.69) is 4.98 Å². The molecular formula is C28H26B2F4N3O3P. The van der Waals surface area contributed by atoms with Crippen LogP contribution in [-0.4, -0.2) is 74.0 Å². The molecular weight excluding hydrogens is 555 g/mol. The number of aldehydes is 1. The number of alkyl halides is 2. The highest BCUT2D eigenvalue weighted by atomic mass is 31.1. The molecule has 0 amide bonds. The number of rotatable bonds is 10. The lowest BCUT2D eigenvalue weighted by molar-refractivity contribution is -0.0499. The Hall–Kier alpha value is -3.20. The molecule has 0 aliphatic rings. The lowest BCUT2D eigenvalue weighted by atomic mass is 9.71. The fourth-order valence-corrected chi connectivity index (χ4v) is 5.64. The van der Waals surface area contributed by atoms with Crippen molar-refractivity contribution in [1.29, 1.82) is 0 Å². The monoisotopic (exact) mass is 581 g/mol. The number of ether oxygens (including phenoxy) is 1. The summed E-state index contributed by atoms with van der Waals surface area (Å²) >= 11 is 0. The Morgan fingerprint density at radius 1 is 1.15 bits per heavy atom.